The van der Waals surface area contributed by atoms with Gasteiger partial charge >= 0.3 is 11.9 Å². The summed E-state index contributed by atoms with van der Waals surface area (Å²) < 4.78 is 0. The van der Waals surface area contributed by atoms with E-state index in [2.05, 4.69) is 26.3 Å². The topological polar surface area (TPSA) is 207 Å². The largest absolute Gasteiger partial charge is 0.481 e. The molecule has 13 heteroatoms. The van der Waals surface area contributed by atoms with Crippen LogP contribution in [-0.2, 0) is 35.2 Å². The van der Waals surface area contributed by atoms with Crippen LogP contribution >= 0.6 is 0 Å². The van der Waals surface area contributed by atoms with Crippen molar-refractivity contribution in [1.29, 1.82) is 0 Å². The molecule has 0 aliphatic carbocycles. The van der Waals surface area contributed by atoms with Gasteiger partial charge in [-0.05, 0) is 23.5 Å². The van der Waals surface area contributed by atoms with Gasteiger partial charge in [-0.1, -0.05) is 58.7 Å². The van der Waals surface area contributed by atoms with E-state index < -0.39 is 78.0 Å². The number of amides is 4. The van der Waals surface area contributed by atoms with Crippen LogP contribution < -0.4 is 21.3 Å². The van der Waals surface area contributed by atoms with Crippen molar-refractivity contribution in [2.75, 3.05) is 0 Å². The van der Waals surface area contributed by atoms with Gasteiger partial charge in [0, 0.05) is 30.4 Å². The summed E-state index contributed by atoms with van der Waals surface area (Å²) in [5.74, 6) is -6.25. The molecule has 6 atom stereocenters. The molecule has 4 amide bonds. The van der Waals surface area contributed by atoms with Gasteiger partial charge in [-0.15, -0.1) is 0 Å². The maximum absolute atomic E-state index is 13.5. The summed E-state index contributed by atoms with van der Waals surface area (Å²) in [4.78, 5) is 77.8. The molecule has 0 aliphatic heterocycles. The highest BCUT2D eigenvalue weighted by atomic mass is 16.4. The number of hydrogen-bond acceptors (Lipinski definition) is 6. The van der Waals surface area contributed by atoms with Crippen molar-refractivity contribution in [3.05, 3.63) is 36.0 Å². The van der Waals surface area contributed by atoms with Gasteiger partial charge in [-0.3, -0.25) is 24.0 Å². The van der Waals surface area contributed by atoms with Crippen molar-refractivity contribution < 1.29 is 39.0 Å². The van der Waals surface area contributed by atoms with Gasteiger partial charge in [0.15, 0.2) is 0 Å². The quantitative estimate of drug-likeness (QED) is 0.152. The molecule has 0 bridgehead atoms. The number of rotatable bonds is 16. The van der Waals surface area contributed by atoms with Crippen LogP contribution in [0.3, 0.4) is 0 Å². The van der Waals surface area contributed by atoms with E-state index in [1.807, 2.05) is 31.2 Å². The number of aromatic nitrogens is 1. The molecule has 230 valence electrons. The van der Waals surface area contributed by atoms with Gasteiger partial charge in [0.1, 0.15) is 24.2 Å². The monoisotopic (exact) mass is 587 g/mol. The highest BCUT2D eigenvalue weighted by molar-refractivity contribution is 5.96. The van der Waals surface area contributed by atoms with Gasteiger partial charge in [0.25, 0.3) is 0 Å². The molecule has 0 fully saturated rings. The lowest BCUT2D eigenvalue weighted by atomic mass is 9.94. The maximum Gasteiger partial charge on any atom is 0.326 e. The van der Waals surface area contributed by atoms with Crippen LogP contribution in [-0.4, -0.2) is 74.9 Å². The third-order valence-corrected chi connectivity index (χ3v) is 7.37. The van der Waals surface area contributed by atoms with Crippen LogP contribution in [0, 0.1) is 11.8 Å². The lowest BCUT2D eigenvalue weighted by Crippen LogP contribution is -2.60. The summed E-state index contributed by atoms with van der Waals surface area (Å²) in [5.41, 5.74) is 1.53. The molecule has 0 unspecified atom stereocenters. The van der Waals surface area contributed by atoms with E-state index in [-0.39, 0.29) is 6.42 Å². The fraction of sp³-hybridized carbons (Fsp3) is 0.517. The number of aromatic amines is 1. The van der Waals surface area contributed by atoms with Crippen molar-refractivity contribution in [3.8, 4) is 0 Å². The average Bonchev–Trinajstić information content (AvgIpc) is 3.34. The van der Waals surface area contributed by atoms with Crippen LogP contribution in [0.25, 0.3) is 10.9 Å². The Morgan fingerprint density at radius 1 is 0.786 bits per heavy atom. The van der Waals surface area contributed by atoms with Gasteiger partial charge in [0.05, 0.1) is 6.42 Å². The van der Waals surface area contributed by atoms with Crippen LogP contribution in [0.2, 0.25) is 0 Å². The van der Waals surface area contributed by atoms with E-state index in [4.69, 9.17) is 5.11 Å². The summed E-state index contributed by atoms with van der Waals surface area (Å²) in [6, 6.07) is 2.41. The van der Waals surface area contributed by atoms with Gasteiger partial charge in [-0.2, -0.15) is 0 Å². The molecule has 0 radical (unpaired) electrons. The standard InChI is InChI=1S/C29H41N5O8/c1-6-15(3)24(27(39)32-22(29(41)42)12-18-14-30-20-11-9-8-10-19(18)20)34-28(40)25(16(4)7-2)33-26(38)21(13-23(36)37)31-17(5)35/h8-11,14-16,21-22,24-25,30H,6-7,12-13H2,1-5H3,(H,31,35)(H,32,39)(H,33,38)(H,34,40)(H,36,37)(H,41,42)/t15-,16-,21-,22-,24-,25-/m0/s1. The number of benzene rings is 1. The molecule has 1 aromatic heterocycles. The van der Waals surface area contributed by atoms with Crippen LogP contribution in [0.5, 0.6) is 0 Å². The second-order valence-electron chi connectivity index (χ2n) is 10.6. The Balaban J connectivity index is 2.25. The highest BCUT2D eigenvalue weighted by Crippen LogP contribution is 2.20. The number of fused-ring (bicyclic) bond motifs is 1. The third-order valence-electron chi connectivity index (χ3n) is 7.37. The first-order valence-electron chi connectivity index (χ1n) is 14.0. The Hall–Kier alpha value is -4.42. The molecule has 2 rings (SSSR count). The van der Waals surface area contributed by atoms with Crippen molar-refractivity contribution >= 4 is 46.5 Å². The van der Waals surface area contributed by atoms with Gasteiger partial charge in [0.2, 0.25) is 23.6 Å². The molecule has 0 saturated heterocycles. The molecule has 0 saturated carbocycles. The summed E-state index contributed by atoms with van der Waals surface area (Å²) in [6.45, 7) is 8.18. The predicted molar refractivity (Wildman–Crippen MR) is 154 cm³/mol. The summed E-state index contributed by atoms with van der Waals surface area (Å²) in [6.07, 6.45) is 1.94. The van der Waals surface area contributed by atoms with Crippen molar-refractivity contribution in [2.24, 2.45) is 11.8 Å². The van der Waals surface area contributed by atoms with E-state index in [0.717, 1.165) is 17.8 Å². The van der Waals surface area contributed by atoms with Crippen molar-refractivity contribution in [2.45, 2.75) is 84.5 Å². The Morgan fingerprint density at radius 2 is 1.33 bits per heavy atom. The van der Waals surface area contributed by atoms with E-state index >= 15 is 0 Å². The first kappa shape index (κ1) is 33.8. The zero-order valence-corrected chi connectivity index (χ0v) is 24.5. The molecule has 1 aromatic carbocycles. The molecule has 7 N–H and O–H groups in total. The summed E-state index contributed by atoms with van der Waals surface area (Å²) >= 11 is 0. The number of carbonyl (C=O) groups is 6. The Labute approximate surface area is 244 Å². The van der Waals surface area contributed by atoms with Gasteiger partial charge < -0.3 is 36.5 Å². The van der Waals surface area contributed by atoms with E-state index in [9.17, 15) is 33.9 Å². The second kappa shape index (κ2) is 15.5. The number of carboxylic acid groups (broad SMARTS) is 2. The minimum absolute atomic E-state index is 0.00588. The molecule has 13 nitrogen and oxygen atoms in total. The maximum atomic E-state index is 13.5. The molecule has 0 spiro atoms. The smallest absolute Gasteiger partial charge is 0.326 e. The summed E-state index contributed by atoms with van der Waals surface area (Å²) in [7, 11) is 0. The number of para-hydroxylation sites is 1. The summed E-state index contributed by atoms with van der Waals surface area (Å²) in [5, 5.41) is 29.9. The molecule has 0 aliphatic rings. The number of H-pyrrole nitrogens is 1. The number of aliphatic carboxylic acids is 2. The Morgan fingerprint density at radius 3 is 1.86 bits per heavy atom. The molecular formula is C29H41N5O8. The average molecular weight is 588 g/mol. The van der Waals surface area contributed by atoms with E-state index in [1.165, 1.54) is 0 Å². The molecule has 42 heavy (non-hydrogen) atoms. The van der Waals surface area contributed by atoms with Crippen LogP contribution in [0.4, 0.5) is 0 Å². The van der Waals surface area contributed by atoms with Crippen LogP contribution in [0.1, 0.15) is 59.4 Å². The van der Waals surface area contributed by atoms with E-state index in [0.29, 0.717) is 18.4 Å². The van der Waals surface area contributed by atoms with E-state index in [1.54, 1.807) is 27.0 Å². The zero-order valence-electron chi connectivity index (χ0n) is 24.5. The normalized spacial score (nSPS) is 15.4. The molecular weight excluding hydrogens is 546 g/mol. The lowest BCUT2D eigenvalue weighted by molar-refractivity contribution is -0.142. The fourth-order valence-corrected chi connectivity index (χ4v) is 4.51. The van der Waals surface area contributed by atoms with Gasteiger partial charge in [-0.25, -0.2) is 4.79 Å². The number of carbonyl (C=O) groups excluding carboxylic acids is 4. The first-order valence-corrected chi connectivity index (χ1v) is 14.0. The Kier molecular flexibility index (Phi) is 12.5. The SMILES string of the molecule is CC[C@H](C)[C@H](NC(=O)[C@H](CC(=O)O)NC(C)=O)C(=O)N[C@H](C(=O)N[C@@H](Cc1c[nH]c2ccccc12)C(=O)O)[C@@H](C)CC. The third kappa shape index (κ3) is 9.32. The number of carboxylic acids is 2. The first-order chi connectivity index (χ1) is 19.8. The minimum Gasteiger partial charge on any atom is -0.481 e. The second-order valence-corrected chi connectivity index (χ2v) is 10.6. The highest BCUT2D eigenvalue weighted by Gasteiger charge is 2.35. The number of hydrogen-bond donors (Lipinski definition) is 7. The predicted octanol–water partition coefficient (Wildman–Crippen LogP) is 1.32. The van der Waals surface area contributed by atoms with Crippen molar-refractivity contribution in [3.63, 3.8) is 0 Å². The zero-order chi connectivity index (χ0) is 31.6. The minimum atomic E-state index is -1.41. The fourth-order valence-electron chi connectivity index (χ4n) is 4.51. The Bertz CT molecular complexity index is 1280. The lowest BCUT2D eigenvalue weighted by Gasteiger charge is -2.30. The number of nitrogens with one attached hydrogen (secondary N) is 5. The van der Waals surface area contributed by atoms with Crippen molar-refractivity contribution in [1.82, 2.24) is 26.3 Å². The molecule has 1 heterocycles. The molecule has 2 aromatic rings. The van der Waals surface area contributed by atoms with Crippen LogP contribution in [0.15, 0.2) is 30.5 Å².